The molecular formula is C17H27NS. The molecule has 0 aliphatic carbocycles. The Morgan fingerprint density at radius 1 is 1.32 bits per heavy atom. The van der Waals surface area contributed by atoms with E-state index >= 15 is 0 Å². The summed E-state index contributed by atoms with van der Waals surface area (Å²) in [5.74, 6) is 1.33. The van der Waals surface area contributed by atoms with Crippen LogP contribution in [-0.2, 0) is 0 Å². The van der Waals surface area contributed by atoms with Gasteiger partial charge in [-0.05, 0) is 56.5 Å². The van der Waals surface area contributed by atoms with E-state index in [1.165, 1.54) is 48.1 Å². The van der Waals surface area contributed by atoms with Crippen LogP contribution in [0, 0.1) is 13.8 Å². The van der Waals surface area contributed by atoms with Crippen molar-refractivity contribution in [2.24, 2.45) is 0 Å². The van der Waals surface area contributed by atoms with E-state index in [1.54, 1.807) is 0 Å². The van der Waals surface area contributed by atoms with Gasteiger partial charge >= 0.3 is 0 Å². The van der Waals surface area contributed by atoms with Crippen molar-refractivity contribution >= 4 is 11.8 Å². The molecule has 0 bridgehead atoms. The van der Waals surface area contributed by atoms with Crippen LogP contribution in [0.25, 0.3) is 0 Å². The first kappa shape index (κ1) is 14.9. The lowest BCUT2D eigenvalue weighted by molar-refractivity contribution is 0.477. The van der Waals surface area contributed by atoms with Crippen molar-refractivity contribution in [3.8, 4) is 0 Å². The third-order valence-corrected chi connectivity index (χ3v) is 5.42. The van der Waals surface area contributed by atoms with E-state index in [1.807, 2.05) is 0 Å². The van der Waals surface area contributed by atoms with E-state index < -0.39 is 0 Å². The van der Waals surface area contributed by atoms with Gasteiger partial charge in [-0.25, -0.2) is 0 Å². The molecule has 2 heteroatoms. The van der Waals surface area contributed by atoms with Gasteiger partial charge in [-0.3, -0.25) is 0 Å². The Morgan fingerprint density at radius 3 is 2.79 bits per heavy atom. The average molecular weight is 277 g/mol. The van der Waals surface area contributed by atoms with E-state index in [4.69, 9.17) is 0 Å². The summed E-state index contributed by atoms with van der Waals surface area (Å²) in [7, 11) is 0. The van der Waals surface area contributed by atoms with Crippen molar-refractivity contribution in [2.45, 2.75) is 57.7 Å². The summed E-state index contributed by atoms with van der Waals surface area (Å²) >= 11 is 2.17. The van der Waals surface area contributed by atoms with Crippen LogP contribution in [0.2, 0.25) is 0 Å². The highest BCUT2D eigenvalue weighted by atomic mass is 32.2. The number of hydrogen-bond acceptors (Lipinski definition) is 2. The molecule has 0 aromatic heterocycles. The summed E-state index contributed by atoms with van der Waals surface area (Å²) in [6.45, 7) is 7.81. The molecule has 1 aromatic carbocycles. The molecule has 1 fully saturated rings. The van der Waals surface area contributed by atoms with Crippen molar-refractivity contribution in [3.05, 3.63) is 34.9 Å². The van der Waals surface area contributed by atoms with E-state index in [0.717, 1.165) is 11.8 Å². The smallest absolute Gasteiger partial charge is 0.0443 e. The molecule has 2 rings (SSSR count). The summed E-state index contributed by atoms with van der Waals surface area (Å²) in [4.78, 5) is 0. The summed E-state index contributed by atoms with van der Waals surface area (Å²) < 4.78 is 0. The summed E-state index contributed by atoms with van der Waals surface area (Å²) in [6.07, 6.45) is 5.36. The fraction of sp³-hybridized carbons (Fsp3) is 0.647. The zero-order chi connectivity index (χ0) is 13.7. The Morgan fingerprint density at radius 2 is 2.16 bits per heavy atom. The highest BCUT2D eigenvalue weighted by Gasteiger charge is 2.26. The molecule has 1 nitrogen and oxygen atoms in total. The largest absolute Gasteiger partial charge is 0.309 e. The molecule has 19 heavy (non-hydrogen) atoms. The number of aryl methyl sites for hydroxylation is 2. The number of hydrogen-bond donors (Lipinski definition) is 1. The van der Waals surface area contributed by atoms with E-state index in [0.29, 0.717) is 6.04 Å². The Balaban J connectivity index is 2.19. The van der Waals surface area contributed by atoms with E-state index in [2.05, 4.69) is 56.0 Å². The maximum Gasteiger partial charge on any atom is 0.0443 e. The minimum Gasteiger partial charge on any atom is -0.309 e. The molecule has 1 aliphatic heterocycles. The third-order valence-electron chi connectivity index (χ3n) is 3.96. The fourth-order valence-electron chi connectivity index (χ4n) is 2.94. The van der Waals surface area contributed by atoms with Crippen LogP contribution in [0.4, 0.5) is 0 Å². The van der Waals surface area contributed by atoms with Gasteiger partial charge in [0.15, 0.2) is 0 Å². The first-order chi connectivity index (χ1) is 9.22. The molecule has 0 saturated carbocycles. The second-order valence-corrected chi connectivity index (χ2v) is 7.04. The molecule has 2 unspecified atom stereocenters. The molecule has 0 radical (unpaired) electrons. The van der Waals surface area contributed by atoms with Crippen molar-refractivity contribution in [1.82, 2.24) is 5.32 Å². The van der Waals surface area contributed by atoms with Crippen LogP contribution >= 0.6 is 11.8 Å². The first-order valence-corrected chi connectivity index (χ1v) is 8.69. The van der Waals surface area contributed by atoms with Gasteiger partial charge in [0, 0.05) is 11.3 Å². The molecule has 1 saturated heterocycles. The van der Waals surface area contributed by atoms with Crippen LogP contribution in [-0.4, -0.2) is 17.5 Å². The quantitative estimate of drug-likeness (QED) is 0.842. The van der Waals surface area contributed by atoms with E-state index in [-0.39, 0.29) is 0 Å². The third kappa shape index (κ3) is 4.00. The topological polar surface area (TPSA) is 12.0 Å². The van der Waals surface area contributed by atoms with Crippen LogP contribution in [0.1, 0.15) is 55.3 Å². The van der Waals surface area contributed by atoms with E-state index in [9.17, 15) is 0 Å². The minimum absolute atomic E-state index is 0.533. The molecular weight excluding hydrogens is 250 g/mol. The fourth-order valence-corrected chi connectivity index (χ4v) is 4.39. The van der Waals surface area contributed by atoms with Crippen LogP contribution in [0.5, 0.6) is 0 Å². The van der Waals surface area contributed by atoms with Crippen molar-refractivity contribution in [1.29, 1.82) is 0 Å². The molecule has 1 N–H and O–H groups in total. The number of rotatable bonds is 5. The van der Waals surface area contributed by atoms with Gasteiger partial charge in [0.25, 0.3) is 0 Å². The van der Waals surface area contributed by atoms with Crippen molar-refractivity contribution in [3.63, 3.8) is 0 Å². The predicted octanol–water partition coefficient (Wildman–Crippen LogP) is 4.63. The van der Waals surface area contributed by atoms with Gasteiger partial charge in [-0.2, -0.15) is 11.8 Å². The van der Waals surface area contributed by atoms with Crippen LogP contribution in [0.15, 0.2) is 18.2 Å². The monoisotopic (exact) mass is 277 g/mol. The second-order valence-electron chi connectivity index (χ2n) is 5.70. The highest BCUT2D eigenvalue weighted by molar-refractivity contribution is 8.00. The normalized spacial score (nSPS) is 21.3. The molecule has 0 spiro atoms. The van der Waals surface area contributed by atoms with Gasteiger partial charge < -0.3 is 5.32 Å². The first-order valence-electron chi connectivity index (χ1n) is 7.64. The lowest BCUT2D eigenvalue weighted by Gasteiger charge is -2.32. The lowest BCUT2D eigenvalue weighted by Crippen LogP contribution is -2.33. The molecule has 1 aliphatic rings. The molecule has 1 aromatic rings. The molecule has 2 atom stereocenters. The SMILES string of the molecule is CCCNC(c1ccc(C)cc1C)C1CCCCS1. The maximum atomic E-state index is 3.79. The summed E-state index contributed by atoms with van der Waals surface area (Å²) in [5.41, 5.74) is 4.32. The Kier molecular flexibility index (Phi) is 5.77. The van der Waals surface area contributed by atoms with Gasteiger partial charge in [-0.15, -0.1) is 0 Å². The highest BCUT2D eigenvalue weighted by Crippen LogP contribution is 2.36. The maximum absolute atomic E-state index is 3.79. The minimum atomic E-state index is 0.533. The standard InChI is InChI=1S/C17H27NS/c1-4-10-18-17(16-7-5-6-11-19-16)15-9-8-13(2)12-14(15)3/h8-9,12,16-18H,4-7,10-11H2,1-3H3. The van der Waals surface area contributed by atoms with Crippen LogP contribution in [0.3, 0.4) is 0 Å². The summed E-state index contributed by atoms with van der Waals surface area (Å²) in [5, 5.41) is 4.55. The van der Waals surface area contributed by atoms with Crippen molar-refractivity contribution in [2.75, 3.05) is 12.3 Å². The van der Waals surface area contributed by atoms with Crippen LogP contribution < -0.4 is 5.32 Å². The van der Waals surface area contributed by atoms with Gasteiger partial charge in [0.05, 0.1) is 0 Å². The van der Waals surface area contributed by atoms with Gasteiger partial charge in [0.1, 0.15) is 0 Å². The summed E-state index contributed by atoms with van der Waals surface area (Å²) in [6, 6.07) is 7.46. The zero-order valence-corrected chi connectivity index (χ0v) is 13.4. The number of thioether (sulfide) groups is 1. The predicted molar refractivity (Wildman–Crippen MR) is 87.0 cm³/mol. The molecule has 0 amide bonds. The van der Waals surface area contributed by atoms with Crippen molar-refractivity contribution < 1.29 is 0 Å². The molecule has 106 valence electrons. The number of benzene rings is 1. The van der Waals surface area contributed by atoms with Gasteiger partial charge in [-0.1, -0.05) is 37.1 Å². The Hall–Kier alpha value is -0.470. The zero-order valence-electron chi connectivity index (χ0n) is 12.5. The van der Waals surface area contributed by atoms with Gasteiger partial charge in [0.2, 0.25) is 0 Å². The Bertz CT molecular complexity index is 396. The second kappa shape index (κ2) is 7.35. The average Bonchev–Trinajstić information content (AvgIpc) is 2.42. The lowest BCUT2D eigenvalue weighted by atomic mass is 9.94. The number of nitrogens with one attached hydrogen (secondary N) is 1. The Labute approximate surface area is 122 Å². The molecule has 1 heterocycles.